The predicted octanol–water partition coefficient (Wildman–Crippen LogP) is 1.04. The lowest BCUT2D eigenvalue weighted by atomic mass is 9.70. The van der Waals surface area contributed by atoms with E-state index in [4.69, 9.17) is 4.74 Å². The van der Waals surface area contributed by atoms with Gasteiger partial charge in [-0.1, -0.05) is 13.8 Å². The third-order valence-corrected chi connectivity index (χ3v) is 7.94. The Hall–Kier alpha value is -0.460. The van der Waals surface area contributed by atoms with Gasteiger partial charge in [0.25, 0.3) is 0 Å². The summed E-state index contributed by atoms with van der Waals surface area (Å²) in [4.78, 5) is 12.4. The fourth-order valence-corrected chi connectivity index (χ4v) is 6.52. The molecule has 1 saturated heterocycles. The van der Waals surface area contributed by atoms with Crippen LogP contribution in [0.5, 0.6) is 0 Å². The Morgan fingerprint density at radius 3 is 2.45 bits per heavy atom. The minimum atomic E-state index is -3.38. The van der Waals surface area contributed by atoms with Crippen molar-refractivity contribution in [1.82, 2.24) is 4.31 Å². The third kappa shape index (κ3) is 1.88. The lowest BCUT2D eigenvalue weighted by molar-refractivity contribution is -0.128. The molecule has 2 saturated carbocycles. The molecule has 0 N–H and O–H groups in total. The smallest absolute Gasteiger partial charge is 0.215 e. The SMILES string of the molecule is CC1(C)[C@@H]2CC[C@@]1(CS(=O)(=O)N1CCOCC1)C(=O)C2. The molecule has 0 radical (unpaired) electrons. The van der Waals surface area contributed by atoms with Gasteiger partial charge in [0.05, 0.1) is 19.0 Å². The van der Waals surface area contributed by atoms with Crippen molar-refractivity contribution >= 4 is 15.8 Å². The summed E-state index contributed by atoms with van der Waals surface area (Å²) >= 11 is 0. The average Bonchev–Trinajstić information content (AvgIpc) is 2.73. The van der Waals surface area contributed by atoms with E-state index in [1.807, 2.05) is 0 Å². The van der Waals surface area contributed by atoms with E-state index in [1.165, 1.54) is 4.31 Å². The third-order valence-electron chi connectivity index (χ3n) is 5.93. The van der Waals surface area contributed by atoms with Gasteiger partial charge in [-0.15, -0.1) is 0 Å². The maximum absolute atomic E-state index is 12.7. The second-order valence-electron chi connectivity index (χ2n) is 6.93. The van der Waals surface area contributed by atoms with Crippen molar-refractivity contribution in [3.63, 3.8) is 0 Å². The van der Waals surface area contributed by atoms with Crippen molar-refractivity contribution in [2.75, 3.05) is 32.1 Å². The first kappa shape index (κ1) is 14.5. The summed E-state index contributed by atoms with van der Waals surface area (Å²) < 4.78 is 32.1. The number of Topliss-reactive ketones (excluding diaryl/α,β-unsaturated/α-hetero) is 1. The van der Waals surface area contributed by atoms with E-state index in [0.29, 0.717) is 38.6 Å². The number of hydrogen-bond acceptors (Lipinski definition) is 4. The fraction of sp³-hybridized carbons (Fsp3) is 0.929. The highest BCUT2D eigenvalue weighted by molar-refractivity contribution is 7.89. The Labute approximate surface area is 120 Å². The lowest BCUT2D eigenvalue weighted by Crippen LogP contribution is -2.49. The number of hydrogen-bond donors (Lipinski definition) is 0. The van der Waals surface area contributed by atoms with Crippen LogP contribution < -0.4 is 0 Å². The molecule has 1 heterocycles. The van der Waals surface area contributed by atoms with E-state index < -0.39 is 15.4 Å². The van der Waals surface area contributed by atoms with Crippen LogP contribution in [-0.4, -0.2) is 50.6 Å². The van der Waals surface area contributed by atoms with Gasteiger partial charge in [0.1, 0.15) is 5.78 Å². The summed E-state index contributed by atoms with van der Waals surface area (Å²) in [6.45, 7) is 5.88. The summed E-state index contributed by atoms with van der Waals surface area (Å²) in [6, 6.07) is 0. The standard InChI is InChI=1S/C14H23NO4S/c1-13(2)11-3-4-14(13,12(16)9-11)10-20(17,18)15-5-7-19-8-6-15/h11H,3-10H2,1-2H3/t11-,14-/m1/s1. The van der Waals surface area contributed by atoms with Crippen LogP contribution in [0.2, 0.25) is 0 Å². The van der Waals surface area contributed by atoms with Crippen molar-refractivity contribution in [3.05, 3.63) is 0 Å². The highest BCUT2D eigenvalue weighted by atomic mass is 32.2. The van der Waals surface area contributed by atoms with Crippen molar-refractivity contribution in [1.29, 1.82) is 0 Å². The van der Waals surface area contributed by atoms with Crippen molar-refractivity contribution < 1.29 is 17.9 Å². The number of ether oxygens (including phenoxy) is 1. The number of carbonyl (C=O) groups is 1. The maximum atomic E-state index is 12.7. The normalized spacial score (nSPS) is 37.5. The van der Waals surface area contributed by atoms with Crippen LogP contribution in [-0.2, 0) is 19.6 Å². The molecule has 3 fully saturated rings. The summed E-state index contributed by atoms with van der Waals surface area (Å²) in [5.74, 6) is 0.507. The van der Waals surface area contributed by atoms with Crippen molar-refractivity contribution in [2.45, 2.75) is 33.1 Å². The van der Waals surface area contributed by atoms with E-state index in [2.05, 4.69) is 13.8 Å². The van der Waals surface area contributed by atoms with Crippen LogP contribution in [0.15, 0.2) is 0 Å². The van der Waals surface area contributed by atoms with Gasteiger partial charge in [-0.2, -0.15) is 4.31 Å². The molecule has 0 unspecified atom stereocenters. The molecule has 0 aromatic heterocycles. The molecule has 114 valence electrons. The number of fused-ring (bicyclic) bond motifs is 2. The summed E-state index contributed by atoms with van der Waals surface area (Å²) in [6.07, 6.45) is 2.27. The minimum absolute atomic E-state index is 0.0116. The Morgan fingerprint density at radius 1 is 1.30 bits per heavy atom. The second-order valence-corrected chi connectivity index (χ2v) is 8.90. The molecule has 0 aromatic carbocycles. The largest absolute Gasteiger partial charge is 0.379 e. The number of nitrogens with zero attached hydrogens (tertiary/aromatic N) is 1. The van der Waals surface area contributed by atoms with E-state index in [0.717, 1.165) is 12.8 Å². The van der Waals surface area contributed by atoms with Gasteiger partial charge >= 0.3 is 0 Å². The molecule has 0 amide bonds. The first-order valence-electron chi connectivity index (χ1n) is 7.38. The van der Waals surface area contributed by atoms with E-state index in [-0.39, 0.29) is 17.0 Å². The molecule has 3 rings (SSSR count). The average molecular weight is 301 g/mol. The van der Waals surface area contributed by atoms with Crippen LogP contribution in [0, 0.1) is 16.7 Å². The van der Waals surface area contributed by atoms with Crippen molar-refractivity contribution in [2.24, 2.45) is 16.7 Å². The van der Waals surface area contributed by atoms with E-state index in [1.54, 1.807) is 0 Å². The summed E-state index contributed by atoms with van der Waals surface area (Å²) in [5, 5.41) is 0. The maximum Gasteiger partial charge on any atom is 0.215 e. The second kappa shape index (κ2) is 4.52. The number of ketones is 1. The Bertz CT molecular complexity index is 521. The summed E-state index contributed by atoms with van der Waals surface area (Å²) in [7, 11) is -3.38. The van der Waals surface area contributed by atoms with Gasteiger partial charge in [-0.25, -0.2) is 8.42 Å². The van der Waals surface area contributed by atoms with E-state index >= 15 is 0 Å². The van der Waals surface area contributed by atoms with Gasteiger partial charge < -0.3 is 4.74 Å². The summed E-state index contributed by atoms with van der Waals surface area (Å²) in [5.41, 5.74) is -0.849. The Morgan fingerprint density at radius 2 is 1.95 bits per heavy atom. The van der Waals surface area contributed by atoms with E-state index in [9.17, 15) is 13.2 Å². The van der Waals surface area contributed by atoms with Gasteiger partial charge in [-0.05, 0) is 24.2 Å². The van der Waals surface area contributed by atoms with Crippen LogP contribution in [0.3, 0.4) is 0 Å². The Kier molecular flexibility index (Phi) is 3.27. The van der Waals surface area contributed by atoms with Gasteiger partial charge in [0.2, 0.25) is 10.0 Å². The fourth-order valence-electron chi connectivity index (χ4n) is 4.34. The zero-order chi connectivity index (χ0) is 14.6. The molecule has 1 aliphatic heterocycles. The van der Waals surface area contributed by atoms with Crippen LogP contribution in [0.25, 0.3) is 0 Å². The zero-order valence-corrected chi connectivity index (χ0v) is 13.0. The first-order valence-corrected chi connectivity index (χ1v) is 8.99. The minimum Gasteiger partial charge on any atom is -0.379 e. The van der Waals surface area contributed by atoms with Crippen LogP contribution >= 0.6 is 0 Å². The molecule has 20 heavy (non-hydrogen) atoms. The number of rotatable bonds is 3. The molecule has 2 aliphatic carbocycles. The molecule has 5 nitrogen and oxygen atoms in total. The molecular formula is C14H23NO4S. The van der Waals surface area contributed by atoms with Crippen LogP contribution in [0.1, 0.15) is 33.1 Å². The molecule has 3 aliphatic rings. The first-order chi connectivity index (χ1) is 9.30. The molecule has 0 aromatic rings. The number of sulfonamides is 1. The van der Waals surface area contributed by atoms with Crippen LogP contribution in [0.4, 0.5) is 0 Å². The highest BCUT2D eigenvalue weighted by Crippen LogP contribution is 2.64. The lowest BCUT2D eigenvalue weighted by Gasteiger charge is -2.38. The molecule has 2 atom stereocenters. The quantitative estimate of drug-likeness (QED) is 0.781. The van der Waals surface area contributed by atoms with Gasteiger partial charge in [0.15, 0.2) is 0 Å². The predicted molar refractivity (Wildman–Crippen MR) is 74.7 cm³/mol. The topological polar surface area (TPSA) is 63.7 Å². The van der Waals surface area contributed by atoms with Crippen molar-refractivity contribution in [3.8, 4) is 0 Å². The van der Waals surface area contributed by atoms with Gasteiger partial charge in [0, 0.05) is 24.9 Å². The molecular weight excluding hydrogens is 278 g/mol. The molecule has 6 heteroatoms. The number of morpholine rings is 1. The number of carbonyl (C=O) groups excluding carboxylic acids is 1. The van der Waals surface area contributed by atoms with Gasteiger partial charge in [-0.3, -0.25) is 4.79 Å². The zero-order valence-electron chi connectivity index (χ0n) is 12.2. The Balaban J connectivity index is 1.88. The monoisotopic (exact) mass is 301 g/mol. The molecule has 0 spiro atoms. The highest BCUT2D eigenvalue weighted by Gasteiger charge is 2.65. The molecule has 2 bridgehead atoms.